The van der Waals surface area contributed by atoms with Gasteiger partial charge in [-0.1, -0.05) is 44.2 Å². The summed E-state index contributed by atoms with van der Waals surface area (Å²) in [5.41, 5.74) is 6.86. The molecule has 0 aliphatic rings. The van der Waals surface area contributed by atoms with E-state index in [0.717, 1.165) is 5.56 Å². The van der Waals surface area contributed by atoms with Crippen LogP contribution in [0.25, 0.3) is 0 Å². The lowest BCUT2D eigenvalue weighted by Gasteiger charge is -2.22. The van der Waals surface area contributed by atoms with Crippen LogP contribution in [0.1, 0.15) is 19.4 Å². The van der Waals surface area contributed by atoms with Crippen LogP contribution in [0.4, 0.5) is 0 Å². The molecular formula is C15H22N2O3. The molecule has 1 aromatic carbocycles. The highest BCUT2D eigenvalue weighted by atomic mass is 16.5. The van der Waals surface area contributed by atoms with Gasteiger partial charge >= 0.3 is 5.97 Å². The molecule has 1 rings (SSSR count). The molecule has 0 aliphatic carbocycles. The van der Waals surface area contributed by atoms with Crippen molar-refractivity contribution in [2.24, 2.45) is 11.7 Å². The fourth-order valence-electron chi connectivity index (χ4n) is 1.85. The molecule has 0 bridgehead atoms. The number of amides is 1. The molecule has 0 saturated heterocycles. The molecule has 0 saturated carbocycles. The van der Waals surface area contributed by atoms with Crippen LogP contribution in [-0.2, 0) is 20.7 Å². The molecule has 5 heteroatoms. The summed E-state index contributed by atoms with van der Waals surface area (Å²) in [7, 11) is 1.30. The summed E-state index contributed by atoms with van der Waals surface area (Å²) in [6, 6.07) is 8.15. The Morgan fingerprint density at radius 1 is 1.25 bits per heavy atom. The van der Waals surface area contributed by atoms with Crippen LogP contribution in [0.5, 0.6) is 0 Å². The van der Waals surface area contributed by atoms with Crippen molar-refractivity contribution in [2.75, 3.05) is 7.11 Å². The second-order valence-corrected chi connectivity index (χ2v) is 5.05. The summed E-state index contributed by atoms with van der Waals surface area (Å²) in [5, 5.41) is 2.65. The van der Waals surface area contributed by atoms with Gasteiger partial charge in [-0.25, -0.2) is 4.79 Å². The van der Waals surface area contributed by atoms with E-state index in [1.54, 1.807) is 0 Å². The largest absolute Gasteiger partial charge is 0.467 e. The minimum atomic E-state index is -0.691. The number of carbonyl (C=O) groups is 2. The lowest BCUT2D eigenvalue weighted by Crippen LogP contribution is -2.51. The zero-order chi connectivity index (χ0) is 15.1. The van der Waals surface area contributed by atoms with E-state index in [1.165, 1.54) is 7.11 Å². The third-order valence-corrected chi connectivity index (χ3v) is 3.05. The summed E-state index contributed by atoms with van der Waals surface area (Å²) < 4.78 is 4.68. The number of rotatable bonds is 6. The summed E-state index contributed by atoms with van der Waals surface area (Å²) in [4.78, 5) is 23.6. The maximum atomic E-state index is 12.0. The zero-order valence-electron chi connectivity index (χ0n) is 12.1. The highest BCUT2D eigenvalue weighted by molar-refractivity contribution is 5.87. The number of carbonyl (C=O) groups excluding carboxylic acids is 2. The Bertz CT molecular complexity index is 446. The first-order valence-electron chi connectivity index (χ1n) is 6.63. The number of nitrogens with two attached hydrogens (primary N) is 1. The van der Waals surface area contributed by atoms with Crippen LogP contribution < -0.4 is 11.1 Å². The topological polar surface area (TPSA) is 81.4 Å². The lowest BCUT2D eigenvalue weighted by atomic mass is 10.0. The number of methoxy groups -OCH3 is 1. The first-order valence-corrected chi connectivity index (χ1v) is 6.63. The van der Waals surface area contributed by atoms with Crippen molar-refractivity contribution >= 4 is 11.9 Å². The van der Waals surface area contributed by atoms with Gasteiger partial charge < -0.3 is 15.8 Å². The van der Waals surface area contributed by atoms with Crippen LogP contribution >= 0.6 is 0 Å². The molecule has 0 spiro atoms. The van der Waals surface area contributed by atoms with E-state index >= 15 is 0 Å². The fraction of sp³-hybridized carbons (Fsp3) is 0.467. The van der Waals surface area contributed by atoms with E-state index in [2.05, 4.69) is 10.1 Å². The van der Waals surface area contributed by atoms with E-state index in [4.69, 9.17) is 5.73 Å². The van der Waals surface area contributed by atoms with Gasteiger partial charge in [-0.3, -0.25) is 4.79 Å². The van der Waals surface area contributed by atoms with Gasteiger partial charge in [0, 0.05) is 0 Å². The molecule has 3 N–H and O–H groups in total. The van der Waals surface area contributed by atoms with Crippen molar-refractivity contribution in [3.8, 4) is 0 Å². The van der Waals surface area contributed by atoms with Crippen molar-refractivity contribution in [1.29, 1.82) is 0 Å². The molecular weight excluding hydrogens is 256 g/mol. The van der Waals surface area contributed by atoms with Crippen LogP contribution in [0.3, 0.4) is 0 Å². The summed E-state index contributed by atoms with van der Waals surface area (Å²) >= 11 is 0. The monoisotopic (exact) mass is 278 g/mol. The number of esters is 1. The highest BCUT2D eigenvalue weighted by Crippen LogP contribution is 2.06. The number of benzene rings is 1. The molecule has 0 aliphatic heterocycles. The van der Waals surface area contributed by atoms with E-state index in [0.29, 0.717) is 6.42 Å². The van der Waals surface area contributed by atoms with E-state index in [-0.39, 0.29) is 11.8 Å². The molecule has 5 nitrogen and oxygen atoms in total. The van der Waals surface area contributed by atoms with Crippen LogP contribution in [0.15, 0.2) is 30.3 Å². The predicted octanol–water partition coefficient (Wildman–Crippen LogP) is 0.870. The third kappa shape index (κ3) is 4.66. The van der Waals surface area contributed by atoms with Crippen molar-refractivity contribution in [3.05, 3.63) is 35.9 Å². The average molecular weight is 278 g/mol. The molecule has 110 valence electrons. The van der Waals surface area contributed by atoms with Crippen LogP contribution in [0.2, 0.25) is 0 Å². The zero-order valence-corrected chi connectivity index (χ0v) is 12.1. The second kappa shape index (κ2) is 7.65. The smallest absolute Gasteiger partial charge is 0.328 e. The van der Waals surface area contributed by atoms with Gasteiger partial charge in [0.2, 0.25) is 5.91 Å². The maximum Gasteiger partial charge on any atom is 0.328 e. The summed E-state index contributed by atoms with van der Waals surface area (Å²) in [6.45, 7) is 3.68. The quantitative estimate of drug-likeness (QED) is 0.757. The molecule has 0 fully saturated rings. The van der Waals surface area contributed by atoms with Gasteiger partial charge in [0.1, 0.15) is 6.04 Å². The average Bonchev–Trinajstić information content (AvgIpc) is 2.44. The fourth-order valence-corrected chi connectivity index (χ4v) is 1.85. The Morgan fingerprint density at radius 2 is 1.85 bits per heavy atom. The Labute approximate surface area is 119 Å². The highest BCUT2D eigenvalue weighted by Gasteiger charge is 2.27. The van der Waals surface area contributed by atoms with E-state index in [1.807, 2.05) is 44.2 Å². The van der Waals surface area contributed by atoms with Gasteiger partial charge in [-0.15, -0.1) is 0 Å². The number of nitrogens with one attached hydrogen (secondary N) is 1. The number of hydrogen-bond donors (Lipinski definition) is 2. The van der Waals surface area contributed by atoms with Gasteiger partial charge in [0.05, 0.1) is 13.2 Å². The molecule has 0 radical (unpaired) electrons. The molecule has 0 aromatic heterocycles. The van der Waals surface area contributed by atoms with Crippen molar-refractivity contribution < 1.29 is 14.3 Å². The second-order valence-electron chi connectivity index (χ2n) is 5.05. The Kier molecular flexibility index (Phi) is 6.18. The SMILES string of the molecule is COC(=O)[C@@H](NC(=O)[C@H](N)Cc1ccccc1)C(C)C. The van der Waals surface area contributed by atoms with Gasteiger partial charge in [0.25, 0.3) is 0 Å². The summed E-state index contributed by atoms with van der Waals surface area (Å²) in [5.74, 6) is -0.867. The molecule has 20 heavy (non-hydrogen) atoms. The maximum absolute atomic E-state index is 12.0. The predicted molar refractivity (Wildman–Crippen MR) is 76.9 cm³/mol. The Balaban J connectivity index is 2.62. The van der Waals surface area contributed by atoms with E-state index in [9.17, 15) is 9.59 Å². The lowest BCUT2D eigenvalue weighted by molar-refractivity contribution is -0.146. The minimum Gasteiger partial charge on any atom is -0.467 e. The van der Waals surface area contributed by atoms with Gasteiger partial charge in [0.15, 0.2) is 0 Å². The van der Waals surface area contributed by atoms with Crippen molar-refractivity contribution in [2.45, 2.75) is 32.4 Å². The first kappa shape index (κ1) is 16.2. The molecule has 1 amide bonds. The molecule has 2 atom stereocenters. The normalized spacial score (nSPS) is 13.7. The van der Waals surface area contributed by atoms with E-state index < -0.39 is 18.1 Å². The molecule has 0 heterocycles. The molecule has 0 unspecified atom stereocenters. The van der Waals surface area contributed by atoms with Crippen LogP contribution in [-0.4, -0.2) is 31.1 Å². The number of hydrogen-bond acceptors (Lipinski definition) is 4. The summed E-state index contributed by atoms with van der Waals surface area (Å²) in [6.07, 6.45) is 0.429. The Hall–Kier alpha value is -1.88. The first-order chi connectivity index (χ1) is 9.45. The van der Waals surface area contributed by atoms with Crippen LogP contribution in [0, 0.1) is 5.92 Å². The third-order valence-electron chi connectivity index (χ3n) is 3.05. The van der Waals surface area contributed by atoms with Crippen molar-refractivity contribution in [3.63, 3.8) is 0 Å². The Morgan fingerprint density at radius 3 is 2.35 bits per heavy atom. The number of ether oxygens (including phenoxy) is 1. The minimum absolute atomic E-state index is 0.0599. The molecule has 1 aromatic rings. The van der Waals surface area contributed by atoms with Gasteiger partial charge in [-0.05, 0) is 17.9 Å². The van der Waals surface area contributed by atoms with Gasteiger partial charge in [-0.2, -0.15) is 0 Å². The standard InChI is InChI=1S/C15H22N2O3/c1-10(2)13(15(19)20-3)17-14(18)12(16)9-11-7-5-4-6-8-11/h4-8,10,12-13H,9,16H2,1-3H3,(H,17,18)/t12-,13+/m1/s1. The van der Waals surface area contributed by atoms with Crippen molar-refractivity contribution in [1.82, 2.24) is 5.32 Å².